The van der Waals surface area contributed by atoms with Gasteiger partial charge in [-0.2, -0.15) is 0 Å². The van der Waals surface area contributed by atoms with Gasteiger partial charge in [0.2, 0.25) is 0 Å². The maximum Gasteiger partial charge on any atom is 0.573 e. The van der Waals surface area contributed by atoms with Crippen molar-refractivity contribution in [1.82, 2.24) is 0 Å². The van der Waals surface area contributed by atoms with Gasteiger partial charge in [-0.1, -0.05) is 53.2 Å². The molecule has 0 saturated carbocycles. The second kappa shape index (κ2) is 8.90. The summed E-state index contributed by atoms with van der Waals surface area (Å²) in [4.78, 5) is 5.47. The average molecular weight is 414 g/mol. The van der Waals surface area contributed by atoms with Crippen LogP contribution in [0.15, 0.2) is 71.9 Å². The van der Waals surface area contributed by atoms with Crippen LogP contribution in [0.2, 0.25) is 0 Å². The number of benzene rings is 3. The van der Waals surface area contributed by atoms with Gasteiger partial charge in [0.05, 0.1) is 5.71 Å². The molecule has 3 rings (SSSR count). The van der Waals surface area contributed by atoms with Crippen molar-refractivity contribution in [3.8, 4) is 16.9 Å². The van der Waals surface area contributed by atoms with Crippen molar-refractivity contribution in [2.24, 2.45) is 5.16 Å². The molecule has 156 valence electrons. The molecule has 3 aromatic rings. The Morgan fingerprint density at radius 1 is 0.967 bits per heavy atom. The van der Waals surface area contributed by atoms with Crippen LogP contribution in [0.5, 0.6) is 5.75 Å². The summed E-state index contributed by atoms with van der Waals surface area (Å²) < 4.78 is 41.1. The Morgan fingerprint density at radius 3 is 2.27 bits per heavy atom. The first kappa shape index (κ1) is 21.2. The van der Waals surface area contributed by atoms with Gasteiger partial charge in [-0.25, -0.2) is 0 Å². The Morgan fingerprint density at radius 2 is 1.63 bits per heavy atom. The van der Waals surface area contributed by atoms with Crippen LogP contribution in [0, 0.1) is 6.92 Å². The normalized spacial score (nSPS) is 12.0. The molecule has 0 aromatic heterocycles. The fraction of sp³-hybridized carbons (Fsp3) is 0.174. The summed E-state index contributed by atoms with van der Waals surface area (Å²) in [5.74, 6) is -0.266. The first-order valence-electron chi connectivity index (χ1n) is 9.19. The van der Waals surface area contributed by atoms with E-state index in [0.717, 1.165) is 27.8 Å². The number of hydrogen-bond acceptors (Lipinski definition) is 4. The predicted molar refractivity (Wildman–Crippen MR) is 111 cm³/mol. The lowest BCUT2D eigenvalue weighted by Gasteiger charge is -2.13. The summed E-state index contributed by atoms with van der Waals surface area (Å²) in [5.41, 5.74) is 11.4. The number of nitrogen functional groups attached to an aromatic ring is 1. The van der Waals surface area contributed by atoms with E-state index in [2.05, 4.69) is 9.89 Å². The molecule has 0 saturated heterocycles. The van der Waals surface area contributed by atoms with Gasteiger partial charge < -0.3 is 15.3 Å². The third-order valence-corrected chi connectivity index (χ3v) is 4.38. The molecular weight excluding hydrogens is 393 g/mol. The first-order chi connectivity index (χ1) is 14.2. The molecule has 0 radical (unpaired) electrons. The minimum absolute atomic E-state index is 0.266. The number of hydrogen-bond donors (Lipinski definition) is 1. The van der Waals surface area contributed by atoms with Gasteiger partial charge in [-0.3, -0.25) is 0 Å². The highest BCUT2D eigenvalue weighted by Crippen LogP contribution is 2.29. The quantitative estimate of drug-likeness (QED) is 0.302. The number of alkyl halides is 3. The second-order valence-electron chi connectivity index (χ2n) is 6.81. The SMILES string of the molecule is C/C(=N\OCc1ccc(N)cc1)c1ccc(C)cc1-c1ccc(OC(F)(F)F)cc1. The number of anilines is 1. The van der Waals surface area contributed by atoms with Crippen LogP contribution < -0.4 is 10.5 Å². The lowest BCUT2D eigenvalue weighted by Crippen LogP contribution is -2.16. The van der Waals surface area contributed by atoms with E-state index in [0.29, 0.717) is 18.0 Å². The number of halogens is 3. The molecule has 0 atom stereocenters. The summed E-state index contributed by atoms with van der Waals surface area (Å²) in [7, 11) is 0. The molecule has 0 aliphatic rings. The molecule has 3 aromatic carbocycles. The fourth-order valence-corrected chi connectivity index (χ4v) is 2.92. The first-order valence-corrected chi connectivity index (χ1v) is 9.19. The highest BCUT2D eigenvalue weighted by Gasteiger charge is 2.31. The van der Waals surface area contributed by atoms with Crippen LogP contribution in [0.1, 0.15) is 23.6 Å². The lowest BCUT2D eigenvalue weighted by molar-refractivity contribution is -0.274. The van der Waals surface area contributed by atoms with Crippen LogP contribution in [0.25, 0.3) is 11.1 Å². The summed E-state index contributed by atoms with van der Waals surface area (Å²) >= 11 is 0. The Bertz CT molecular complexity index is 1030. The van der Waals surface area contributed by atoms with Crippen LogP contribution in [0.4, 0.5) is 18.9 Å². The Balaban J connectivity index is 1.81. The number of rotatable bonds is 6. The van der Waals surface area contributed by atoms with Crippen molar-refractivity contribution in [2.45, 2.75) is 26.8 Å². The minimum atomic E-state index is -4.72. The molecule has 4 nitrogen and oxygen atoms in total. The molecule has 0 amide bonds. The fourth-order valence-electron chi connectivity index (χ4n) is 2.92. The Kier molecular flexibility index (Phi) is 6.30. The smallest absolute Gasteiger partial charge is 0.406 e. The molecule has 0 spiro atoms. The van der Waals surface area contributed by atoms with Gasteiger partial charge in [0.25, 0.3) is 0 Å². The third kappa shape index (κ3) is 5.76. The summed E-state index contributed by atoms with van der Waals surface area (Å²) in [5, 5.41) is 4.21. The van der Waals surface area contributed by atoms with Crippen molar-refractivity contribution in [3.05, 3.63) is 83.4 Å². The number of oxime groups is 1. The van der Waals surface area contributed by atoms with E-state index in [-0.39, 0.29) is 5.75 Å². The van der Waals surface area contributed by atoms with Gasteiger partial charge in [0, 0.05) is 11.3 Å². The maximum atomic E-state index is 12.4. The second-order valence-corrected chi connectivity index (χ2v) is 6.81. The summed E-state index contributed by atoms with van der Waals surface area (Å²) in [6.45, 7) is 4.05. The van der Waals surface area contributed by atoms with Gasteiger partial charge in [-0.15, -0.1) is 13.2 Å². The van der Waals surface area contributed by atoms with Crippen molar-refractivity contribution < 1.29 is 22.7 Å². The zero-order valence-corrected chi connectivity index (χ0v) is 16.5. The highest BCUT2D eigenvalue weighted by atomic mass is 19.4. The van der Waals surface area contributed by atoms with E-state index in [1.807, 2.05) is 44.2 Å². The van der Waals surface area contributed by atoms with Crippen LogP contribution in [-0.4, -0.2) is 12.1 Å². The Labute approximate surface area is 172 Å². The standard InChI is InChI=1S/C23H21F3N2O2/c1-15-3-12-21(16(2)28-29-14-17-4-8-19(27)9-5-17)22(13-15)18-6-10-20(11-7-18)30-23(24,25)26/h3-13H,14,27H2,1-2H3/b28-16+. The van der Waals surface area contributed by atoms with Crippen molar-refractivity contribution >= 4 is 11.4 Å². The molecule has 30 heavy (non-hydrogen) atoms. The van der Waals surface area contributed by atoms with E-state index in [9.17, 15) is 13.2 Å². The number of aryl methyl sites for hydroxylation is 1. The summed E-state index contributed by atoms with van der Waals surface area (Å²) in [6.07, 6.45) is -4.72. The van der Waals surface area contributed by atoms with E-state index in [4.69, 9.17) is 10.6 Å². The van der Waals surface area contributed by atoms with Gasteiger partial charge in [0.1, 0.15) is 12.4 Å². The minimum Gasteiger partial charge on any atom is -0.406 e. The number of nitrogens with zero attached hydrogens (tertiary/aromatic N) is 1. The number of nitrogens with two attached hydrogens (primary N) is 1. The summed E-state index contributed by atoms with van der Waals surface area (Å²) in [6, 6.07) is 18.9. The van der Waals surface area contributed by atoms with Crippen LogP contribution in [0.3, 0.4) is 0 Å². The highest BCUT2D eigenvalue weighted by molar-refractivity contribution is 6.04. The average Bonchev–Trinajstić information content (AvgIpc) is 2.69. The number of ether oxygens (including phenoxy) is 1. The van der Waals surface area contributed by atoms with Crippen LogP contribution in [-0.2, 0) is 11.4 Å². The maximum absolute atomic E-state index is 12.4. The monoisotopic (exact) mass is 414 g/mol. The van der Waals surface area contributed by atoms with Crippen LogP contribution >= 0.6 is 0 Å². The van der Waals surface area contributed by atoms with E-state index in [1.54, 1.807) is 24.3 Å². The largest absolute Gasteiger partial charge is 0.573 e. The molecule has 0 aliphatic heterocycles. The molecule has 0 heterocycles. The van der Waals surface area contributed by atoms with Crippen molar-refractivity contribution in [3.63, 3.8) is 0 Å². The van der Waals surface area contributed by atoms with E-state index in [1.165, 1.54) is 12.1 Å². The molecule has 2 N–H and O–H groups in total. The molecule has 0 fully saturated rings. The molecule has 7 heteroatoms. The lowest BCUT2D eigenvalue weighted by atomic mass is 9.95. The van der Waals surface area contributed by atoms with Crippen molar-refractivity contribution in [2.75, 3.05) is 5.73 Å². The zero-order chi connectivity index (χ0) is 21.7. The van der Waals surface area contributed by atoms with Crippen molar-refractivity contribution in [1.29, 1.82) is 0 Å². The van der Waals surface area contributed by atoms with E-state index >= 15 is 0 Å². The molecular formula is C23H21F3N2O2. The van der Waals surface area contributed by atoms with Gasteiger partial charge >= 0.3 is 6.36 Å². The predicted octanol–water partition coefficient (Wildman–Crippen LogP) is 6.08. The van der Waals surface area contributed by atoms with Gasteiger partial charge in [0.15, 0.2) is 0 Å². The molecule has 0 aliphatic carbocycles. The van der Waals surface area contributed by atoms with E-state index < -0.39 is 6.36 Å². The third-order valence-electron chi connectivity index (χ3n) is 4.38. The topological polar surface area (TPSA) is 56.8 Å². The molecule has 0 bridgehead atoms. The zero-order valence-electron chi connectivity index (χ0n) is 16.5. The van der Waals surface area contributed by atoms with Gasteiger partial charge in [-0.05, 0) is 54.8 Å². The molecule has 0 unspecified atom stereocenters. The Hall–Kier alpha value is -3.48.